The molecule has 0 unspecified atom stereocenters. The summed E-state index contributed by atoms with van der Waals surface area (Å²) in [5.74, 6) is 0. The number of fused-ring (bicyclic) bond motifs is 1. The molecule has 0 saturated heterocycles. The molecule has 1 aliphatic carbocycles. The smallest absolute Gasteiger partial charge is 0.240 e. The summed E-state index contributed by atoms with van der Waals surface area (Å²) in [5, 5.41) is 2.66. The van der Waals surface area contributed by atoms with Crippen LogP contribution >= 0.6 is 11.3 Å². The molecule has 0 amide bonds. The number of nitrogens with zero attached hydrogens (tertiary/aromatic N) is 2. The second-order valence-electron chi connectivity index (χ2n) is 6.32. The Hall–Kier alpha value is -2.09. The van der Waals surface area contributed by atoms with Gasteiger partial charge in [-0.25, -0.2) is 18.1 Å². The lowest BCUT2D eigenvalue weighted by molar-refractivity contribution is 0.580. The van der Waals surface area contributed by atoms with E-state index in [1.54, 1.807) is 18.5 Å². The van der Waals surface area contributed by atoms with Crippen molar-refractivity contribution < 1.29 is 8.42 Å². The molecule has 7 heteroatoms. The highest BCUT2D eigenvalue weighted by molar-refractivity contribution is 7.89. The molecule has 0 radical (unpaired) electrons. The summed E-state index contributed by atoms with van der Waals surface area (Å²) in [6.07, 6.45) is 7.74. The lowest BCUT2D eigenvalue weighted by atomic mass is 9.92. The highest BCUT2D eigenvalue weighted by atomic mass is 32.2. The second kappa shape index (κ2) is 7.26. The van der Waals surface area contributed by atoms with Crippen molar-refractivity contribution in [2.45, 2.75) is 37.1 Å². The summed E-state index contributed by atoms with van der Waals surface area (Å²) < 4.78 is 27.9. The average Bonchev–Trinajstić information content (AvgIpc) is 3.16. The Kier molecular flexibility index (Phi) is 4.84. The van der Waals surface area contributed by atoms with Gasteiger partial charge in [-0.15, -0.1) is 11.3 Å². The fraction of sp³-hybridized carbons (Fsp3) is 0.263. The predicted molar refractivity (Wildman–Crippen MR) is 102 cm³/mol. The van der Waals surface area contributed by atoms with Crippen LogP contribution in [0, 0.1) is 0 Å². The first-order chi connectivity index (χ1) is 12.6. The minimum Gasteiger partial charge on any atom is -0.265 e. The Morgan fingerprint density at radius 2 is 1.81 bits per heavy atom. The van der Waals surface area contributed by atoms with Gasteiger partial charge in [0.15, 0.2) is 0 Å². The highest BCUT2D eigenvalue weighted by Gasteiger charge is 2.18. The number of thiazole rings is 1. The summed E-state index contributed by atoms with van der Waals surface area (Å²) in [6, 6.07) is 9.25. The fourth-order valence-electron chi connectivity index (χ4n) is 3.16. The Morgan fingerprint density at radius 1 is 1.04 bits per heavy atom. The van der Waals surface area contributed by atoms with Crippen molar-refractivity contribution in [3.63, 3.8) is 0 Å². The molecule has 1 N–H and O–H groups in total. The normalized spacial score (nSPS) is 14.2. The Labute approximate surface area is 157 Å². The van der Waals surface area contributed by atoms with Crippen LogP contribution in [0.25, 0.3) is 11.3 Å². The molecule has 0 aliphatic heterocycles. The molecular weight excluding hydrogens is 366 g/mol. The Bertz CT molecular complexity index is 1010. The number of aryl methyl sites for hydroxylation is 2. The summed E-state index contributed by atoms with van der Waals surface area (Å²) in [7, 11) is -3.54. The third kappa shape index (κ3) is 3.70. The first kappa shape index (κ1) is 17.3. The average molecular weight is 386 g/mol. The SMILES string of the molecule is O=S(=O)(NCc1nc(-c2ccncc2)cs1)c1ccc2c(c1)CCCC2. The number of sulfonamides is 1. The number of hydrogen-bond donors (Lipinski definition) is 1. The van der Waals surface area contributed by atoms with Gasteiger partial charge in [-0.1, -0.05) is 6.07 Å². The van der Waals surface area contributed by atoms with Crippen LogP contribution in [0.15, 0.2) is 53.0 Å². The molecule has 2 heterocycles. The first-order valence-corrected chi connectivity index (χ1v) is 10.9. The second-order valence-corrected chi connectivity index (χ2v) is 9.03. The molecule has 5 nitrogen and oxygen atoms in total. The van der Waals surface area contributed by atoms with Crippen LogP contribution in [0.3, 0.4) is 0 Å². The molecule has 4 rings (SSSR count). The van der Waals surface area contributed by atoms with Crippen molar-refractivity contribution >= 4 is 21.4 Å². The standard InChI is InChI=1S/C19H19N3O2S2/c23-26(24,17-6-5-14-3-1-2-4-16(14)11-17)21-12-19-22-18(13-25-19)15-7-9-20-10-8-15/h5-11,13,21H,1-4,12H2. The van der Waals surface area contributed by atoms with E-state index in [1.807, 2.05) is 29.6 Å². The number of benzene rings is 1. The zero-order valence-electron chi connectivity index (χ0n) is 14.2. The van der Waals surface area contributed by atoms with E-state index in [1.165, 1.54) is 23.3 Å². The van der Waals surface area contributed by atoms with E-state index in [4.69, 9.17) is 0 Å². The third-order valence-corrected chi connectivity index (χ3v) is 6.82. The monoisotopic (exact) mass is 385 g/mol. The Morgan fingerprint density at radius 3 is 2.62 bits per heavy atom. The number of aromatic nitrogens is 2. The van der Waals surface area contributed by atoms with Crippen molar-refractivity contribution in [2.24, 2.45) is 0 Å². The lowest BCUT2D eigenvalue weighted by Crippen LogP contribution is -2.23. The van der Waals surface area contributed by atoms with Gasteiger partial charge in [0.2, 0.25) is 10.0 Å². The van der Waals surface area contributed by atoms with Crippen molar-refractivity contribution in [1.82, 2.24) is 14.7 Å². The predicted octanol–water partition coefficient (Wildman–Crippen LogP) is 3.56. The van der Waals surface area contributed by atoms with Gasteiger partial charge in [0, 0.05) is 23.3 Å². The van der Waals surface area contributed by atoms with Gasteiger partial charge in [-0.3, -0.25) is 4.98 Å². The van der Waals surface area contributed by atoms with Gasteiger partial charge < -0.3 is 0 Å². The van der Waals surface area contributed by atoms with Gasteiger partial charge >= 0.3 is 0 Å². The van der Waals surface area contributed by atoms with Gasteiger partial charge in [0.05, 0.1) is 17.1 Å². The van der Waals surface area contributed by atoms with E-state index in [0.717, 1.165) is 41.1 Å². The van der Waals surface area contributed by atoms with Crippen LogP contribution in [0.2, 0.25) is 0 Å². The molecule has 0 atom stereocenters. The molecule has 3 aromatic rings. The summed E-state index contributed by atoms with van der Waals surface area (Å²) in [5.41, 5.74) is 4.24. The minimum atomic E-state index is -3.54. The molecule has 0 fully saturated rings. The molecule has 134 valence electrons. The molecule has 0 bridgehead atoms. The van der Waals surface area contributed by atoms with Gasteiger partial charge in [-0.2, -0.15) is 0 Å². The zero-order valence-corrected chi connectivity index (χ0v) is 15.8. The van der Waals surface area contributed by atoms with Crippen molar-refractivity contribution in [2.75, 3.05) is 0 Å². The van der Waals surface area contributed by atoms with E-state index in [0.29, 0.717) is 4.90 Å². The van der Waals surface area contributed by atoms with Crippen LogP contribution in [-0.4, -0.2) is 18.4 Å². The van der Waals surface area contributed by atoms with E-state index in [9.17, 15) is 8.42 Å². The van der Waals surface area contributed by atoms with Crippen LogP contribution in [0.5, 0.6) is 0 Å². The maximum absolute atomic E-state index is 12.6. The van der Waals surface area contributed by atoms with E-state index < -0.39 is 10.0 Å². The van der Waals surface area contributed by atoms with E-state index in [2.05, 4.69) is 14.7 Å². The highest BCUT2D eigenvalue weighted by Crippen LogP contribution is 2.25. The van der Waals surface area contributed by atoms with Gasteiger partial charge in [0.25, 0.3) is 0 Å². The van der Waals surface area contributed by atoms with Crippen LogP contribution < -0.4 is 4.72 Å². The maximum atomic E-state index is 12.6. The van der Waals surface area contributed by atoms with E-state index >= 15 is 0 Å². The van der Waals surface area contributed by atoms with Crippen molar-refractivity contribution in [1.29, 1.82) is 0 Å². The number of pyridine rings is 1. The molecule has 1 aromatic carbocycles. The topological polar surface area (TPSA) is 72.0 Å². The summed E-state index contributed by atoms with van der Waals surface area (Å²) in [6.45, 7) is 0.190. The largest absolute Gasteiger partial charge is 0.265 e. The Balaban J connectivity index is 1.48. The molecule has 2 aromatic heterocycles. The molecule has 26 heavy (non-hydrogen) atoms. The molecule has 0 spiro atoms. The van der Waals surface area contributed by atoms with Gasteiger partial charge in [0.1, 0.15) is 5.01 Å². The molecule has 0 saturated carbocycles. The minimum absolute atomic E-state index is 0.190. The summed E-state index contributed by atoms with van der Waals surface area (Å²) in [4.78, 5) is 8.84. The quantitative estimate of drug-likeness (QED) is 0.729. The van der Waals surface area contributed by atoms with Crippen LogP contribution in [0.4, 0.5) is 0 Å². The lowest BCUT2D eigenvalue weighted by Gasteiger charge is -2.16. The van der Waals surface area contributed by atoms with Crippen LogP contribution in [-0.2, 0) is 29.4 Å². The molecule has 1 aliphatic rings. The number of nitrogens with one attached hydrogen (secondary N) is 1. The van der Waals surface area contributed by atoms with Gasteiger partial charge in [-0.05, 0) is 61.1 Å². The van der Waals surface area contributed by atoms with Crippen molar-refractivity contribution in [3.8, 4) is 11.3 Å². The zero-order chi connectivity index (χ0) is 18.0. The van der Waals surface area contributed by atoms with Crippen LogP contribution in [0.1, 0.15) is 29.0 Å². The third-order valence-electron chi connectivity index (χ3n) is 4.57. The number of hydrogen-bond acceptors (Lipinski definition) is 5. The summed E-state index contributed by atoms with van der Waals surface area (Å²) >= 11 is 1.44. The van der Waals surface area contributed by atoms with Crippen molar-refractivity contribution in [3.05, 3.63) is 64.2 Å². The maximum Gasteiger partial charge on any atom is 0.240 e. The van der Waals surface area contributed by atoms with E-state index in [-0.39, 0.29) is 6.54 Å². The fourth-order valence-corrected chi connectivity index (χ4v) is 5.04. The number of rotatable bonds is 5. The first-order valence-electron chi connectivity index (χ1n) is 8.58. The molecular formula is C19H19N3O2S2.